The lowest BCUT2D eigenvalue weighted by atomic mass is 9.67. The number of β-amino-alcohol motifs (C(OH)–C–C–N with tert-alkyl or cyclic N) is 1. The van der Waals surface area contributed by atoms with Crippen LogP contribution in [0.3, 0.4) is 0 Å². The van der Waals surface area contributed by atoms with Crippen molar-refractivity contribution >= 4 is 15.7 Å². The third-order valence-electron chi connectivity index (χ3n) is 8.38. The van der Waals surface area contributed by atoms with Crippen LogP contribution in [-0.4, -0.2) is 49.4 Å². The second kappa shape index (κ2) is 8.40. The number of aliphatic hydroxyl groups is 1. The third-order valence-corrected chi connectivity index (χ3v) is 9.87. The van der Waals surface area contributed by atoms with E-state index in [0.717, 1.165) is 38.9 Å². The zero-order valence-electron chi connectivity index (χ0n) is 19.7. The van der Waals surface area contributed by atoms with Crippen LogP contribution in [0.5, 0.6) is 0 Å². The van der Waals surface area contributed by atoms with Gasteiger partial charge >= 0.3 is 0 Å². The minimum absolute atomic E-state index is 0.136. The van der Waals surface area contributed by atoms with Crippen LogP contribution in [0, 0.1) is 11.8 Å². The molecule has 3 aliphatic rings. The van der Waals surface area contributed by atoms with Crippen LogP contribution in [0.25, 0.3) is 0 Å². The number of sulfonamides is 1. The van der Waals surface area contributed by atoms with Crippen LogP contribution in [0.4, 0.5) is 5.69 Å². The first-order valence-electron chi connectivity index (χ1n) is 12.4. The molecule has 2 aromatic carbocycles. The van der Waals surface area contributed by atoms with E-state index in [0.29, 0.717) is 29.9 Å². The Hall–Kier alpha value is -1.89. The normalized spacial score (nSPS) is 33.4. The van der Waals surface area contributed by atoms with Gasteiger partial charge in [0.15, 0.2) is 0 Å². The van der Waals surface area contributed by atoms with Crippen LogP contribution < -0.4 is 4.72 Å². The van der Waals surface area contributed by atoms with E-state index in [4.69, 9.17) is 0 Å². The molecule has 5 rings (SSSR count). The van der Waals surface area contributed by atoms with Crippen LogP contribution in [0.15, 0.2) is 54.6 Å². The van der Waals surface area contributed by atoms with Gasteiger partial charge in [0.1, 0.15) is 0 Å². The standard InChI is InChI=1S/C27H36N2O3S/c1-3-13-33(31,32)28-23-12-8-11-22(14-23)27(4-2)24-17-29(18-25(24)27)19-26(30)15-21(16-26)20-9-6-5-7-10-20/h5-12,14,21,24-25,28,30H,3-4,13,15-19H2,1-2H3/t21?,24-,25+,26?,27?. The van der Waals surface area contributed by atoms with Gasteiger partial charge < -0.3 is 5.11 Å². The van der Waals surface area contributed by atoms with E-state index in [-0.39, 0.29) is 11.2 Å². The van der Waals surface area contributed by atoms with E-state index in [1.807, 2.05) is 31.2 Å². The molecule has 2 saturated carbocycles. The van der Waals surface area contributed by atoms with Crippen molar-refractivity contribution in [2.45, 2.75) is 56.5 Å². The van der Waals surface area contributed by atoms with Gasteiger partial charge in [-0.25, -0.2) is 8.42 Å². The second-order valence-corrected chi connectivity index (χ2v) is 12.4. The van der Waals surface area contributed by atoms with E-state index in [2.05, 4.69) is 46.9 Å². The Kier molecular flexibility index (Phi) is 5.82. The molecule has 5 nitrogen and oxygen atoms in total. The lowest BCUT2D eigenvalue weighted by Crippen LogP contribution is -2.51. The molecule has 3 atom stereocenters. The molecule has 2 aromatic rings. The number of benzene rings is 2. The van der Waals surface area contributed by atoms with E-state index in [1.165, 1.54) is 11.1 Å². The largest absolute Gasteiger partial charge is 0.389 e. The van der Waals surface area contributed by atoms with Crippen molar-refractivity contribution in [3.8, 4) is 0 Å². The van der Waals surface area contributed by atoms with Crippen LogP contribution >= 0.6 is 0 Å². The van der Waals surface area contributed by atoms with Crippen molar-refractivity contribution < 1.29 is 13.5 Å². The molecule has 1 unspecified atom stereocenters. The van der Waals surface area contributed by atoms with Crippen LogP contribution in [0.1, 0.15) is 56.6 Å². The predicted molar refractivity (Wildman–Crippen MR) is 133 cm³/mol. The summed E-state index contributed by atoms with van der Waals surface area (Å²) in [5.74, 6) is 1.78. The first-order chi connectivity index (χ1) is 15.8. The molecule has 1 heterocycles. The van der Waals surface area contributed by atoms with Crippen molar-refractivity contribution in [2.75, 3.05) is 30.1 Å². The summed E-state index contributed by atoms with van der Waals surface area (Å²) in [4.78, 5) is 2.46. The fourth-order valence-corrected chi connectivity index (χ4v) is 7.96. The molecule has 0 bridgehead atoms. The number of nitrogens with zero attached hydrogens (tertiary/aromatic N) is 1. The van der Waals surface area contributed by atoms with E-state index >= 15 is 0 Å². The highest BCUT2D eigenvalue weighted by Gasteiger charge is 2.67. The molecule has 178 valence electrons. The Morgan fingerprint density at radius 2 is 1.73 bits per heavy atom. The van der Waals surface area contributed by atoms with Gasteiger partial charge in [0, 0.05) is 30.7 Å². The molecule has 0 amide bonds. The molecule has 0 aromatic heterocycles. The fraction of sp³-hybridized carbons (Fsp3) is 0.556. The summed E-state index contributed by atoms with van der Waals surface area (Å²) in [6.07, 6.45) is 3.36. The number of fused-ring (bicyclic) bond motifs is 1. The summed E-state index contributed by atoms with van der Waals surface area (Å²) in [5.41, 5.74) is 2.83. The fourth-order valence-electron chi connectivity index (χ4n) is 6.84. The quantitative estimate of drug-likeness (QED) is 0.574. The van der Waals surface area contributed by atoms with Crippen molar-refractivity contribution in [1.82, 2.24) is 4.90 Å². The van der Waals surface area contributed by atoms with Gasteiger partial charge in [-0.2, -0.15) is 0 Å². The highest BCUT2D eigenvalue weighted by atomic mass is 32.2. The molecule has 0 radical (unpaired) electrons. The molecule has 6 heteroatoms. The Morgan fingerprint density at radius 3 is 2.36 bits per heavy atom. The molecule has 0 spiro atoms. The van der Waals surface area contributed by atoms with Gasteiger partial charge in [0.05, 0.1) is 11.4 Å². The zero-order valence-corrected chi connectivity index (χ0v) is 20.5. The number of nitrogens with one attached hydrogen (secondary N) is 1. The molecular weight excluding hydrogens is 432 g/mol. The average molecular weight is 469 g/mol. The molecular formula is C27H36N2O3S. The maximum atomic E-state index is 12.2. The van der Waals surface area contributed by atoms with Crippen molar-refractivity contribution in [2.24, 2.45) is 11.8 Å². The Balaban J connectivity index is 1.21. The monoisotopic (exact) mass is 468 g/mol. The maximum absolute atomic E-state index is 12.2. The van der Waals surface area contributed by atoms with Crippen molar-refractivity contribution in [3.05, 3.63) is 65.7 Å². The number of rotatable bonds is 9. The van der Waals surface area contributed by atoms with E-state index in [9.17, 15) is 13.5 Å². The van der Waals surface area contributed by atoms with Crippen molar-refractivity contribution in [1.29, 1.82) is 0 Å². The number of piperidine rings is 1. The molecule has 3 fully saturated rings. The van der Waals surface area contributed by atoms with Gasteiger partial charge in [-0.1, -0.05) is 56.3 Å². The minimum Gasteiger partial charge on any atom is -0.389 e. The van der Waals surface area contributed by atoms with Gasteiger partial charge in [-0.05, 0) is 66.7 Å². The van der Waals surface area contributed by atoms with Crippen LogP contribution in [0.2, 0.25) is 0 Å². The Morgan fingerprint density at radius 1 is 1.03 bits per heavy atom. The summed E-state index contributed by atoms with van der Waals surface area (Å²) in [5, 5.41) is 11.1. The second-order valence-electron chi connectivity index (χ2n) is 10.5. The number of likely N-dealkylation sites (tertiary alicyclic amines) is 1. The lowest BCUT2D eigenvalue weighted by molar-refractivity contribution is -0.0711. The smallest absolute Gasteiger partial charge is 0.232 e. The Labute approximate surface area is 198 Å². The third kappa shape index (κ3) is 4.22. The van der Waals surface area contributed by atoms with Crippen molar-refractivity contribution in [3.63, 3.8) is 0 Å². The summed E-state index contributed by atoms with van der Waals surface area (Å²) >= 11 is 0. The maximum Gasteiger partial charge on any atom is 0.232 e. The SMILES string of the molecule is CCCS(=O)(=O)Nc1cccc(C2(CC)[C@@H]3CN(CC4(O)CC(c5ccccc5)C4)C[C@@H]32)c1. The summed E-state index contributed by atoms with van der Waals surface area (Å²) in [6, 6.07) is 18.6. The summed E-state index contributed by atoms with van der Waals surface area (Å²) in [6.45, 7) is 6.92. The highest BCUT2D eigenvalue weighted by molar-refractivity contribution is 7.92. The molecule has 1 saturated heterocycles. The first kappa shape index (κ1) is 22.9. The van der Waals surface area contributed by atoms with Gasteiger partial charge in [0.2, 0.25) is 10.0 Å². The summed E-state index contributed by atoms with van der Waals surface area (Å²) in [7, 11) is -3.29. The van der Waals surface area contributed by atoms with E-state index < -0.39 is 15.6 Å². The topological polar surface area (TPSA) is 69.6 Å². The Bertz CT molecular complexity index is 1080. The minimum atomic E-state index is -3.29. The molecule has 2 aliphatic carbocycles. The highest BCUT2D eigenvalue weighted by Crippen LogP contribution is 2.66. The van der Waals surface area contributed by atoms with E-state index in [1.54, 1.807) is 0 Å². The molecule has 1 aliphatic heterocycles. The van der Waals surface area contributed by atoms with Gasteiger partial charge in [-0.15, -0.1) is 0 Å². The number of anilines is 1. The first-order valence-corrected chi connectivity index (χ1v) is 14.0. The average Bonchev–Trinajstić information content (AvgIpc) is 3.15. The summed E-state index contributed by atoms with van der Waals surface area (Å²) < 4.78 is 27.2. The van der Waals surface area contributed by atoms with Crippen LogP contribution in [-0.2, 0) is 15.4 Å². The lowest BCUT2D eigenvalue weighted by Gasteiger charge is -2.46. The predicted octanol–water partition coefficient (Wildman–Crippen LogP) is 4.36. The molecule has 33 heavy (non-hydrogen) atoms. The van der Waals surface area contributed by atoms with Gasteiger partial charge in [-0.3, -0.25) is 9.62 Å². The number of hydrogen-bond acceptors (Lipinski definition) is 4. The zero-order chi connectivity index (χ0) is 23.3. The number of hydrogen-bond donors (Lipinski definition) is 2. The molecule has 2 N–H and O–H groups in total. The van der Waals surface area contributed by atoms with Gasteiger partial charge in [0.25, 0.3) is 0 Å².